The van der Waals surface area contributed by atoms with Crippen molar-refractivity contribution in [3.05, 3.63) is 51.7 Å². The summed E-state index contributed by atoms with van der Waals surface area (Å²) in [5.74, 6) is -0.409. The van der Waals surface area contributed by atoms with Crippen LogP contribution in [0, 0.1) is 12.7 Å². The minimum atomic E-state index is -0.436. The Hall–Kier alpha value is -2.21. The van der Waals surface area contributed by atoms with E-state index in [1.54, 1.807) is 25.3 Å². The van der Waals surface area contributed by atoms with Gasteiger partial charge in [0.2, 0.25) is 5.91 Å². The van der Waals surface area contributed by atoms with Gasteiger partial charge in [-0.25, -0.2) is 9.37 Å². The van der Waals surface area contributed by atoms with Crippen LogP contribution in [0.5, 0.6) is 5.75 Å². The van der Waals surface area contributed by atoms with Gasteiger partial charge in [-0.1, -0.05) is 6.07 Å². The van der Waals surface area contributed by atoms with E-state index in [0.717, 1.165) is 10.7 Å². The Morgan fingerprint density at radius 1 is 1.50 bits per heavy atom. The van der Waals surface area contributed by atoms with Crippen LogP contribution in [0.3, 0.4) is 0 Å². The number of hydrogen-bond acceptors (Lipinski definition) is 4. The average molecular weight is 320 g/mol. The summed E-state index contributed by atoms with van der Waals surface area (Å²) in [5.41, 5.74) is 1.46. The summed E-state index contributed by atoms with van der Waals surface area (Å²) in [5, 5.41) is 2.84. The van der Waals surface area contributed by atoms with E-state index < -0.39 is 5.82 Å². The first kappa shape index (κ1) is 16.2. The molecule has 1 aromatic heterocycles. The highest BCUT2D eigenvalue weighted by molar-refractivity contribution is 7.09. The molecule has 0 aliphatic heterocycles. The lowest BCUT2D eigenvalue weighted by molar-refractivity contribution is -0.125. The number of thiazole rings is 1. The lowest BCUT2D eigenvalue weighted by Crippen LogP contribution is -2.24. The number of benzene rings is 1. The lowest BCUT2D eigenvalue weighted by atomic mass is 10.2. The molecule has 1 aromatic carbocycles. The van der Waals surface area contributed by atoms with Crippen LogP contribution in [-0.2, 0) is 11.3 Å². The second kappa shape index (κ2) is 7.17. The van der Waals surface area contributed by atoms with Gasteiger partial charge in [-0.3, -0.25) is 4.79 Å². The van der Waals surface area contributed by atoms with Gasteiger partial charge in [0.15, 0.2) is 11.6 Å². The van der Waals surface area contributed by atoms with Gasteiger partial charge in [0, 0.05) is 25.0 Å². The quantitative estimate of drug-likeness (QED) is 0.794. The number of aromatic nitrogens is 1. The molecule has 2 rings (SSSR count). The van der Waals surface area contributed by atoms with Crippen LogP contribution in [0.2, 0.25) is 0 Å². The van der Waals surface area contributed by atoms with E-state index in [-0.39, 0.29) is 11.7 Å². The number of aryl methyl sites for hydroxylation is 1. The summed E-state index contributed by atoms with van der Waals surface area (Å²) in [6.45, 7) is 2.23. The molecule has 4 nitrogen and oxygen atoms in total. The van der Waals surface area contributed by atoms with Crippen molar-refractivity contribution in [3.63, 3.8) is 0 Å². The molecule has 0 bridgehead atoms. The summed E-state index contributed by atoms with van der Waals surface area (Å²) in [7, 11) is 3.08. The average Bonchev–Trinajstić information content (AvgIpc) is 2.90. The molecular weight excluding hydrogens is 303 g/mol. The number of carbonyl (C=O) groups is 1. The Morgan fingerprint density at radius 3 is 2.86 bits per heavy atom. The first-order valence-corrected chi connectivity index (χ1v) is 7.55. The molecule has 0 saturated carbocycles. The minimum Gasteiger partial charge on any atom is -0.494 e. The van der Waals surface area contributed by atoms with Crippen LogP contribution >= 0.6 is 11.3 Å². The molecule has 1 heterocycles. The second-order valence-corrected chi connectivity index (χ2v) is 5.85. The Labute approximate surface area is 132 Å². The van der Waals surface area contributed by atoms with Gasteiger partial charge in [-0.2, -0.15) is 0 Å². The molecule has 0 aliphatic carbocycles. The maximum absolute atomic E-state index is 13.6. The van der Waals surface area contributed by atoms with Crippen molar-refractivity contribution in [1.82, 2.24) is 9.88 Å². The molecular formula is C16H17FN2O2S. The number of amides is 1. The molecule has 0 aliphatic rings. The number of ether oxygens (including phenoxy) is 1. The van der Waals surface area contributed by atoms with Gasteiger partial charge in [0.05, 0.1) is 17.8 Å². The lowest BCUT2D eigenvalue weighted by Gasteiger charge is -2.15. The smallest absolute Gasteiger partial charge is 0.246 e. The zero-order valence-electron chi connectivity index (χ0n) is 12.7. The fraction of sp³-hybridized carbons (Fsp3) is 0.250. The van der Waals surface area contributed by atoms with E-state index in [9.17, 15) is 9.18 Å². The zero-order chi connectivity index (χ0) is 16.1. The van der Waals surface area contributed by atoms with Crippen molar-refractivity contribution in [2.45, 2.75) is 13.5 Å². The topological polar surface area (TPSA) is 42.4 Å². The zero-order valence-corrected chi connectivity index (χ0v) is 13.5. The Balaban J connectivity index is 1.99. The first-order valence-electron chi connectivity index (χ1n) is 6.67. The van der Waals surface area contributed by atoms with Crippen molar-refractivity contribution in [1.29, 1.82) is 0 Å². The van der Waals surface area contributed by atoms with Crippen molar-refractivity contribution < 1.29 is 13.9 Å². The second-order valence-electron chi connectivity index (χ2n) is 4.79. The predicted octanol–water partition coefficient (Wildman–Crippen LogP) is 3.27. The Bertz CT molecular complexity index is 697. The largest absolute Gasteiger partial charge is 0.494 e. The summed E-state index contributed by atoms with van der Waals surface area (Å²) < 4.78 is 18.5. The molecule has 22 heavy (non-hydrogen) atoms. The molecule has 0 unspecified atom stereocenters. The normalized spacial score (nSPS) is 10.9. The summed E-state index contributed by atoms with van der Waals surface area (Å²) >= 11 is 1.53. The van der Waals surface area contributed by atoms with Crippen molar-refractivity contribution >= 4 is 23.3 Å². The fourth-order valence-electron chi connectivity index (χ4n) is 1.90. The fourth-order valence-corrected chi connectivity index (χ4v) is 2.48. The van der Waals surface area contributed by atoms with Gasteiger partial charge >= 0.3 is 0 Å². The molecule has 0 atom stereocenters. The van der Waals surface area contributed by atoms with E-state index in [0.29, 0.717) is 12.1 Å². The van der Waals surface area contributed by atoms with Gasteiger partial charge in [-0.05, 0) is 30.7 Å². The third-order valence-electron chi connectivity index (χ3n) is 3.05. The van der Waals surface area contributed by atoms with Crippen LogP contribution in [0.1, 0.15) is 16.3 Å². The first-order chi connectivity index (χ1) is 10.5. The SMILES string of the molecule is COc1ccc(CN(C)C(=O)C=Cc2csc(C)n2)cc1F. The summed E-state index contributed by atoms with van der Waals surface area (Å²) in [6, 6.07) is 4.66. The Morgan fingerprint density at radius 2 is 2.27 bits per heavy atom. The molecule has 116 valence electrons. The number of likely N-dealkylation sites (N-methyl/N-ethyl adjacent to an activating group) is 1. The molecule has 2 aromatic rings. The van der Waals surface area contributed by atoms with E-state index in [2.05, 4.69) is 4.98 Å². The van der Waals surface area contributed by atoms with E-state index in [4.69, 9.17) is 4.74 Å². The minimum absolute atomic E-state index is 0.165. The van der Waals surface area contributed by atoms with Gasteiger partial charge in [-0.15, -0.1) is 11.3 Å². The number of carbonyl (C=O) groups excluding carboxylic acids is 1. The van der Waals surface area contributed by atoms with Gasteiger partial charge in [0.25, 0.3) is 0 Å². The van der Waals surface area contributed by atoms with Gasteiger partial charge in [0.1, 0.15) is 0 Å². The number of halogens is 1. The standard InChI is InChI=1S/C16H17FN2O2S/c1-11-18-13(10-22-11)5-7-16(20)19(2)9-12-4-6-15(21-3)14(17)8-12/h4-8,10H,9H2,1-3H3. The van der Waals surface area contributed by atoms with E-state index in [1.165, 1.54) is 35.5 Å². The molecule has 0 radical (unpaired) electrons. The molecule has 0 saturated heterocycles. The Kier molecular flexibility index (Phi) is 5.27. The van der Waals surface area contributed by atoms with Crippen molar-refractivity contribution in [2.24, 2.45) is 0 Å². The molecule has 0 N–H and O–H groups in total. The van der Waals surface area contributed by atoms with Crippen molar-refractivity contribution in [2.75, 3.05) is 14.2 Å². The highest BCUT2D eigenvalue weighted by Gasteiger charge is 2.09. The third kappa shape index (κ3) is 4.14. The van der Waals surface area contributed by atoms with E-state index >= 15 is 0 Å². The molecule has 1 amide bonds. The van der Waals surface area contributed by atoms with Crippen molar-refractivity contribution in [3.8, 4) is 5.75 Å². The number of rotatable bonds is 5. The maximum Gasteiger partial charge on any atom is 0.246 e. The van der Waals surface area contributed by atoms with Crippen LogP contribution < -0.4 is 4.74 Å². The highest BCUT2D eigenvalue weighted by Crippen LogP contribution is 2.18. The number of nitrogens with zero attached hydrogens (tertiary/aromatic N) is 2. The van der Waals surface area contributed by atoms with Crippen LogP contribution in [0.15, 0.2) is 29.7 Å². The summed E-state index contributed by atoms with van der Waals surface area (Å²) in [6.07, 6.45) is 3.14. The molecule has 6 heteroatoms. The highest BCUT2D eigenvalue weighted by atomic mass is 32.1. The van der Waals surface area contributed by atoms with Crippen LogP contribution in [0.4, 0.5) is 4.39 Å². The van der Waals surface area contributed by atoms with E-state index in [1.807, 2.05) is 12.3 Å². The van der Waals surface area contributed by atoms with Gasteiger partial charge < -0.3 is 9.64 Å². The molecule has 0 spiro atoms. The number of methoxy groups -OCH3 is 1. The number of hydrogen-bond donors (Lipinski definition) is 0. The molecule has 0 fully saturated rings. The van der Waals surface area contributed by atoms with Crippen LogP contribution in [0.25, 0.3) is 6.08 Å². The summed E-state index contributed by atoms with van der Waals surface area (Å²) in [4.78, 5) is 17.8. The third-order valence-corrected chi connectivity index (χ3v) is 3.84. The predicted molar refractivity (Wildman–Crippen MR) is 85.3 cm³/mol. The monoisotopic (exact) mass is 320 g/mol. The van der Waals surface area contributed by atoms with Crippen LogP contribution in [-0.4, -0.2) is 29.9 Å². The maximum atomic E-state index is 13.6.